The van der Waals surface area contributed by atoms with Gasteiger partial charge in [0.1, 0.15) is 0 Å². The summed E-state index contributed by atoms with van der Waals surface area (Å²) in [5.74, 6) is -0.176. The number of pyridine rings is 1. The van der Waals surface area contributed by atoms with Gasteiger partial charge in [0.2, 0.25) is 5.88 Å². The van der Waals surface area contributed by atoms with Gasteiger partial charge >= 0.3 is 0 Å². The van der Waals surface area contributed by atoms with Crippen LogP contribution in [0.4, 0.5) is 5.69 Å². The predicted octanol–water partition coefficient (Wildman–Crippen LogP) is 1.72. The number of carbonyl (C=O) groups is 1. The predicted molar refractivity (Wildman–Crippen MR) is 66.8 cm³/mol. The fourth-order valence-corrected chi connectivity index (χ4v) is 1.44. The summed E-state index contributed by atoms with van der Waals surface area (Å²) in [6.45, 7) is 2.75. The summed E-state index contributed by atoms with van der Waals surface area (Å²) in [5, 5.41) is 0. The zero-order valence-electron chi connectivity index (χ0n) is 10.1. The van der Waals surface area contributed by atoms with E-state index in [4.69, 9.17) is 16.2 Å². The van der Waals surface area contributed by atoms with E-state index in [1.54, 1.807) is 0 Å². The second-order valence-electron chi connectivity index (χ2n) is 3.88. The van der Waals surface area contributed by atoms with E-state index in [1.165, 1.54) is 25.1 Å². The van der Waals surface area contributed by atoms with E-state index in [1.807, 2.05) is 0 Å². The molecule has 0 spiro atoms. The molecule has 0 unspecified atom stereocenters. The highest BCUT2D eigenvalue weighted by Gasteiger charge is 2.08. The van der Waals surface area contributed by atoms with Crippen molar-refractivity contribution in [1.82, 2.24) is 4.98 Å². The molecule has 0 aliphatic carbocycles. The minimum absolute atomic E-state index is 0.253. The fourth-order valence-electron chi connectivity index (χ4n) is 1.44. The van der Waals surface area contributed by atoms with Crippen LogP contribution in [0.15, 0.2) is 12.3 Å². The molecule has 0 fully saturated rings. The van der Waals surface area contributed by atoms with Gasteiger partial charge in [0.15, 0.2) is 0 Å². The van der Waals surface area contributed by atoms with E-state index < -0.39 is 5.91 Å². The van der Waals surface area contributed by atoms with E-state index >= 15 is 0 Å². The van der Waals surface area contributed by atoms with Crippen molar-refractivity contribution >= 4 is 11.6 Å². The van der Waals surface area contributed by atoms with Gasteiger partial charge in [0.05, 0.1) is 24.1 Å². The first-order valence-electron chi connectivity index (χ1n) is 5.83. The Hall–Kier alpha value is -1.78. The van der Waals surface area contributed by atoms with Crippen molar-refractivity contribution in [3.63, 3.8) is 0 Å². The minimum Gasteiger partial charge on any atom is -0.478 e. The van der Waals surface area contributed by atoms with Gasteiger partial charge in [-0.05, 0) is 6.42 Å². The number of hydrogen-bond acceptors (Lipinski definition) is 4. The van der Waals surface area contributed by atoms with Crippen LogP contribution in [-0.4, -0.2) is 17.5 Å². The highest BCUT2D eigenvalue weighted by atomic mass is 16.5. The third kappa shape index (κ3) is 4.30. The molecule has 1 amide bonds. The Bertz CT molecular complexity index is 380. The van der Waals surface area contributed by atoms with Gasteiger partial charge in [-0.1, -0.05) is 26.2 Å². The summed E-state index contributed by atoms with van der Waals surface area (Å²) in [7, 11) is 0. The molecule has 0 aliphatic rings. The zero-order valence-corrected chi connectivity index (χ0v) is 10.1. The van der Waals surface area contributed by atoms with Crippen molar-refractivity contribution in [1.29, 1.82) is 0 Å². The van der Waals surface area contributed by atoms with Gasteiger partial charge in [-0.2, -0.15) is 0 Å². The third-order valence-corrected chi connectivity index (χ3v) is 2.42. The molecule has 0 atom stereocenters. The van der Waals surface area contributed by atoms with Crippen LogP contribution in [0.3, 0.4) is 0 Å². The Morgan fingerprint density at radius 1 is 1.41 bits per heavy atom. The molecule has 1 aromatic rings. The lowest BCUT2D eigenvalue weighted by Crippen LogP contribution is -2.14. The average molecular weight is 237 g/mol. The maximum atomic E-state index is 11.0. The normalized spacial score (nSPS) is 10.2. The van der Waals surface area contributed by atoms with Crippen LogP contribution < -0.4 is 16.2 Å². The van der Waals surface area contributed by atoms with Crippen LogP contribution in [0.5, 0.6) is 5.88 Å². The van der Waals surface area contributed by atoms with Crippen molar-refractivity contribution < 1.29 is 9.53 Å². The van der Waals surface area contributed by atoms with Crippen molar-refractivity contribution in [2.45, 2.75) is 32.6 Å². The molecular weight excluding hydrogens is 218 g/mol. The first-order valence-corrected chi connectivity index (χ1v) is 5.83. The van der Waals surface area contributed by atoms with Crippen LogP contribution in [-0.2, 0) is 0 Å². The fraction of sp³-hybridized carbons (Fsp3) is 0.500. The maximum Gasteiger partial charge on any atom is 0.251 e. The molecule has 94 valence electrons. The first kappa shape index (κ1) is 13.3. The third-order valence-electron chi connectivity index (χ3n) is 2.42. The Balaban J connectivity index is 2.49. The highest BCUT2D eigenvalue weighted by Crippen LogP contribution is 2.16. The highest BCUT2D eigenvalue weighted by molar-refractivity contribution is 5.97. The lowest BCUT2D eigenvalue weighted by Gasteiger charge is -2.07. The number of rotatable bonds is 7. The van der Waals surface area contributed by atoms with E-state index in [9.17, 15) is 4.79 Å². The monoisotopic (exact) mass is 237 g/mol. The molecule has 4 N–H and O–H groups in total. The van der Waals surface area contributed by atoms with Gasteiger partial charge < -0.3 is 16.2 Å². The topological polar surface area (TPSA) is 91.2 Å². The number of ether oxygens (including phenoxy) is 1. The number of amides is 1. The largest absolute Gasteiger partial charge is 0.478 e. The summed E-state index contributed by atoms with van der Waals surface area (Å²) in [6, 6.07) is 1.48. The summed E-state index contributed by atoms with van der Waals surface area (Å²) in [5.41, 5.74) is 11.3. The van der Waals surface area contributed by atoms with Crippen LogP contribution in [0, 0.1) is 0 Å². The van der Waals surface area contributed by atoms with E-state index in [2.05, 4.69) is 11.9 Å². The number of hydrogen-bond donors (Lipinski definition) is 2. The standard InChI is InChI=1S/C12H19N3O2/c1-2-3-4-5-6-17-11-7-9(12(14)16)10(13)8-15-11/h7-8H,2-6,13H2,1H3,(H2,14,16). The Kier molecular flexibility index (Phi) is 5.26. The molecule has 5 nitrogen and oxygen atoms in total. The number of nitrogens with zero attached hydrogens (tertiary/aromatic N) is 1. The minimum atomic E-state index is -0.569. The van der Waals surface area contributed by atoms with Gasteiger partial charge in [0.25, 0.3) is 5.91 Å². The summed E-state index contributed by atoms with van der Waals surface area (Å²) < 4.78 is 5.42. The number of unbranched alkanes of at least 4 members (excludes halogenated alkanes) is 3. The molecular formula is C12H19N3O2. The Labute approximate surface area is 101 Å². The van der Waals surface area contributed by atoms with Gasteiger partial charge in [-0.3, -0.25) is 4.79 Å². The molecule has 0 radical (unpaired) electrons. The lowest BCUT2D eigenvalue weighted by atomic mass is 10.2. The van der Waals surface area contributed by atoms with Crippen LogP contribution >= 0.6 is 0 Å². The van der Waals surface area contributed by atoms with Crippen LogP contribution in [0.1, 0.15) is 43.0 Å². The first-order chi connectivity index (χ1) is 8.15. The SMILES string of the molecule is CCCCCCOc1cc(C(N)=O)c(N)cn1. The smallest absolute Gasteiger partial charge is 0.251 e. The van der Waals surface area contributed by atoms with E-state index in [0.717, 1.165) is 12.8 Å². The molecule has 17 heavy (non-hydrogen) atoms. The average Bonchev–Trinajstić information content (AvgIpc) is 2.30. The molecule has 0 aliphatic heterocycles. The van der Waals surface area contributed by atoms with Crippen LogP contribution in [0.2, 0.25) is 0 Å². The molecule has 0 bridgehead atoms. The number of nitrogen functional groups attached to an aromatic ring is 1. The quantitative estimate of drug-likeness (QED) is 0.706. The van der Waals surface area contributed by atoms with Crippen molar-refractivity contribution in [2.75, 3.05) is 12.3 Å². The van der Waals surface area contributed by atoms with Crippen LogP contribution in [0.25, 0.3) is 0 Å². The number of anilines is 1. The van der Waals surface area contributed by atoms with Crippen molar-refractivity contribution in [2.24, 2.45) is 5.73 Å². The van der Waals surface area contributed by atoms with E-state index in [0.29, 0.717) is 12.5 Å². The second-order valence-corrected chi connectivity index (χ2v) is 3.88. The molecule has 1 aromatic heterocycles. The van der Waals surface area contributed by atoms with Crippen molar-refractivity contribution in [3.8, 4) is 5.88 Å². The van der Waals surface area contributed by atoms with E-state index in [-0.39, 0.29) is 11.3 Å². The van der Waals surface area contributed by atoms with Gasteiger partial charge in [-0.15, -0.1) is 0 Å². The second kappa shape index (κ2) is 6.73. The Morgan fingerprint density at radius 2 is 2.18 bits per heavy atom. The lowest BCUT2D eigenvalue weighted by molar-refractivity contribution is 0.100. The summed E-state index contributed by atoms with van der Waals surface area (Å²) >= 11 is 0. The molecule has 5 heteroatoms. The van der Waals surface area contributed by atoms with Crippen molar-refractivity contribution in [3.05, 3.63) is 17.8 Å². The molecule has 1 heterocycles. The van der Waals surface area contributed by atoms with Gasteiger partial charge in [-0.25, -0.2) is 4.98 Å². The Morgan fingerprint density at radius 3 is 2.82 bits per heavy atom. The zero-order chi connectivity index (χ0) is 12.7. The number of nitrogens with two attached hydrogens (primary N) is 2. The maximum absolute atomic E-state index is 11.0. The molecule has 0 aromatic carbocycles. The summed E-state index contributed by atoms with van der Waals surface area (Å²) in [4.78, 5) is 15.0. The number of aromatic nitrogens is 1. The molecule has 0 saturated heterocycles. The number of primary amides is 1. The van der Waals surface area contributed by atoms with Gasteiger partial charge in [0, 0.05) is 6.07 Å². The molecule has 1 rings (SSSR count). The summed E-state index contributed by atoms with van der Waals surface area (Å²) in [6.07, 6.45) is 5.89. The molecule has 0 saturated carbocycles. The number of carbonyl (C=O) groups excluding carboxylic acids is 1.